The van der Waals surface area contributed by atoms with E-state index in [1.165, 1.54) is 0 Å². The molecule has 4 fully saturated rings. The Bertz CT molecular complexity index is 425. The first-order valence-electron chi connectivity index (χ1n) is 6.33. The quantitative estimate of drug-likeness (QED) is 0.547. The summed E-state index contributed by atoms with van der Waals surface area (Å²) in [6.07, 6.45) is 0. The van der Waals surface area contributed by atoms with Crippen molar-refractivity contribution in [3.63, 3.8) is 0 Å². The van der Waals surface area contributed by atoms with Crippen molar-refractivity contribution in [1.29, 1.82) is 0 Å². The Morgan fingerprint density at radius 2 is 1.00 bits per heavy atom. The minimum Gasteiger partial charge on any atom is -0.317 e. The lowest BCUT2D eigenvalue weighted by molar-refractivity contribution is -0.0612. The van der Waals surface area contributed by atoms with E-state index in [1.54, 1.807) is 0 Å². The van der Waals surface area contributed by atoms with Crippen LogP contribution in [0.3, 0.4) is 0 Å². The summed E-state index contributed by atoms with van der Waals surface area (Å²) < 4.78 is 27.6. The lowest BCUT2D eigenvalue weighted by atomic mass is 9.93. The molecule has 10 heteroatoms. The molecule has 0 aromatic rings. The average molecular weight is 342 g/mol. The molecule has 0 radical (unpaired) electrons. The molecule has 19 heavy (non-hydrogen) atoms. The molecule has 6 nitrogen and oxygen atoms in total. The molecule has 108 valence electrons. The van der Waals surface area contributed by atoms with Crippen LogP contribution in [0.5, 0.6) is 0 Å². The van der Waals surface area contributed by atoms with Gasteiger partial charge in [-0.05, 0) is 23.6 Å². The van der Waals surface area contributed by atoms with E-state index in [4.69, 9.17) is 41.7 Å². The van der Waals surface area contributed by atoms with E-state index in [9.17, 15) is 0 Å². The van der Waals surface area contributed by atoms with Crippen LogP contribution in [-0.2, 0) is 41.7 Å². The number of hydrogen-bond acceptors (Lipinski definition) is 6. The molecule has 0 unspecified atom stereocenters. The van der Waals surface area contributed by atoms with E-state index in [1.807, 2.05) is 0 Å². The summed E-state index contributed by atoms with van der Waals surface area (Å²) in [6.45, 7) is 1.82. The summed E-state index contributed by atoms with van der Waals surface area (Å²) in [5.74, 6) is 0. The molecule has 1 spiro atoms. The van der Waals surface area contributed by atoms with Crippen molar-refractivity contribution < 1.29 is 18.1 Å². The van der Waals surface area contributed by atoms with Crippen LogP contribution < -0.4 is 0 Å². The van der Waals surface area contributed by atoms with E-state index >= 15 is 0 Å². The molecule has 0 atom stereocenters. The highest BCUT2D eigenvalue weighted by atomic mass is 32.5. The average Bonchev–Trinajstić information content (AvgIpc) is 3.29. The molecule has 4 heterocycles. The highest BCUT2D eigenvalue weighted by molar-refractivity contribution is 8.09. The van der Waals surface area contributed by atoms with E-state index < -0.39 is 13.3 Å². The Balaban J connectivity index is 1.41. The van der Waals surface area contributed by atoms with Gasteiger partial charge in [-0.25, -0.2) is 9.34 Å². The van der Waals surface area contributed by atoms with Crippen LogP contribution in [0.1, 0.15) is 0 Å². The molecule has 0 bridgehead atoms. The Hall–Kier alpha value is 1.06. The molecule has 4 aliphatic rings. The van der Waals surface area contributed by atoms with Crippen LogP contribution in [-0.4, -0.2) is 61.9 Å². The van der Waals surface area contributed by atoms with Gasteiger partial charge in [-0.15, -0.1) is 0 Å². The molecule has 0 aromatic carbocycles. The van der Waals surface area contributed by atoms with Crippen molar-refractivity contribution in [3.8, 4) is 0 Å². The second-order valence-corrected chi connectivity index (χ2v) is 12.2. The maximum absolute atomic E-state index is 5.86. The van der Waals surface area contributed by atoms with E-state index in [-0.39, 0.29) is 5.41 Å². The van der Waals surface area contributed by atoms with Crippen LogP contribution in [0.4, 0.5) is 0 Å². The van der Waals surface area contributed by atoms with Crippen molar-refractivity contribution >= 4 is 36.9 Å². The second-order valence-electron chi connectivity index (χ2n) is 5.44. The second kappa shape index (κ2) is 4.53. The lowest BCUT2D eigenvalue weighted by Gasteiger charge is -2.45. The predicted molar refractivity (Wildman–Crippen MR) is 78.0 cm³/mol. The number of nitrogens with zero attached hydrogens (tertiary/aromatic N) is 2. The Kier molecular flexibility index (Phi) is 3.26. The van der Waals surface area contributed by atoms with Gasteiger partial charge in [0.2, 0.25) is 0 Å². The molecule has 0 amide bonds. The summed E-state index contributed by atoms with van der Waals surface area (Å²) in [5, 5.41) is 0. The van der Waals surface area contributed by atoms with Gasteiger partial charge < -0.3 is 18.1 Å². The summed E-state index contributed by atoms with van der Waals surface area (Å²) in [4.78, 5) is 0. The van der Waals surface area contributed by atoms with Crippen LogP contribution >= 0.6 is 13.3 Å². The molecule has 4 aliphatic heterocycles. The Morgan fingerprint density at radius 1 is 0.684 bits per heavy atom. The maximum atomic E-state index is 5.86. The highest BCUT2D eigenvalue weighted by Gasteiger charge is 2.51. The minimum absolute atomic E-state index is 0.226. The monoisotopic (exact) mass is 342 g/mol. The van der Waals surface area contributed by atoms with Gasteiger partial charge in [0.1, 0.15) is 0 Å². The van der Waals surface area contributed by atoms with Crippen LogP contribution in [0.2, 0.25) is 0 Å². The molecule has 4 saturated heterocycles. The Morgan fingerprint density at radius 3 is 1.26 bits per heavy atom. The number of hydrogen-bond donors (Lipinski definition) is 0. The zero-order valence-corrected chi connectivity index (χ0v) is 13.8. The fourth-order valence-corrected chi connectivity index (χ4v) is 7.43. The third kappa shape index (κ3) is 2.50. The largest absolute Gasteiger partial charge is 0.317 e. The minimum atomic E-state index is -2.18. The first-order chi connectivity index (χ1) is 9.04. The van der Waals surface area contributed by atoms with Gasteiger partial charge >= 0.3 is 0 Å². The smallest absolute Gasteiger partial charge is 0.264 e. The molecule has 0 aliphatic carbocycles. The molecule has 4 rings (SSSR count). The summed E-state index contributed by atoms with van der Waals surface area (Å²) >= 11 is 11.0. The fourth-order valence-electron chi connectivity index (χ4n) is 2.10. The van der Waals surface area contributed by atoms with Gasteiger partial charge in [0.25, 0.3) is 13.3 Å². The van der Waals surface area contributed by atoms with Crippen LogP contribution in [0, 0.1) is 5.41 Å². The van der Waals surface area contributed by atoms with Gasteiger partial charge in [0.15, 0.2) is 0 Å². The van der Waals surface area contributed by atoms with Gasteiger partial charge in [-0.3, -0.25) is 0 Å². The first-order valence-corrected chi connectivity index (χ1v) is 11.5. The zero-order chi connectivity index (χ0) is 13.1. The van der Waals surface area contributed by atoms with Crippen LogP contribution in [0.15, 0.2) is 0 Å². The standard InChI is InChI=1S/C9H16N2O4P2S2/c18-16(10-1-2-10)12-5-9(6-13-16)7-14-17(19,15-8-9)11-3-4-11/h1-8H2. The van der Waals surface area contributed by atoms with Crippen molar-refractivity contribution in [2.75, 3.05) is 52.6 Å². The highest BCUT2D eigenvalue weighted by Crippen LogP contribution is 2.64. The predicted octanol–water partition coefficient (Wildman–Crippen LogP) is 1.15. The summed E-state index contributed by atoms with van der Waals surface area (Å²) in [7, 11) is 0. The fraction of sp³-hybridized carbons (Fsp3) is 1.00. The van der Waals surface area contributed by atoms with Gasteiger partial charge in [0.05, 0.1) is 31.8 Å². The number of rotatable bonds is 2. The van der Waals surface area contributed by atoms with Crippen molar-refractivity contribution in [1.82, 2.24) is 9.34 Å². The normalized spacial score (nSPS) is 51.4. The SMILES string of the molecule is S=P1(N2CC2)OCC2(CO1)COP(=S)(N1CC1)OC2. The van der Waals surface area contributed by atoms with E-state index in [2.05, 4.69) is 9.34 Å². The van der Waals surface area contributed by atoms with E-state index in [0.29, 0.717) is 26.4 Å². The molecular weight excluding hydrogens is 326 g/mol. The molecule has 0 saturated carbocycles. The molecule has 0 N–H and O–H groups in total. The third-order valence-corrected chi connectivity index (χ3v) is 10.3. The zero-order valence-electron chi connectivity index (χ0n) is 10.4. The van der Waals surface area contributed by atoms with Crippen molar-refractivity contribution in [2.45, 2.75) is 0 Å². The molecule has 0 aromatic heterocycles. The van der Waals surface area contributed by atoms with Gasteiger partial charge in [-0.1, -0.05) is 0 Å². The van der Waals surface area contributed by atoms with E-state index in [0.717, 1.165) is 26.2 Å². The van der Waals surface area contributed by atoms with Crippen LogP contribution in [0.25, 0.3) is 0 Å². The third-order valence-electron chi connectivity index (χ3n) is 3.68. The summed E-state index contributed by atoms with van der Waals surface area (Å²) in [6, 6.07) is 0. The topological polar surface area (TPSA) is 42.9 Å². The maximum Gasteiger partial charge on any atom is 0.264 e. The van der Waals surface area contributed by atoms with Crippen molar-refractivity contribution in [3.05, 3.63) is 0 Å². The molecular formula is C9H16N2O4P2S2. The van der Waals surface area contributed by atoms with Gasteiger partial charge in [0, 0.05) is 26.2 Å². The Labute approximate surface area is 122 Å². The first kappa shape index (κ1) is 13.7. The lowest BCUT2D eigenvalue weighted by Crippen LogP contribution is -2.46. The van der Waals surface area contributed by atoms with Gasteiger partial charge in [-0.2, -0.15) is 0 Å². The summed E-state index contributed by atoms with van der Waals surface area (Å²) in [5.41, 5.74) is -0.226. The van der Waals surface area contributed by atoms with Crippen molar-refractivity contribution in [2.24, 2.45) is 5.41 Å².